The molecule has 0 saturated heterocycles. The van der Waals surface area contributed by atoms with E-state index in [4.69, 9.17) is 13.3 Å². The molecule has 0 rings (SSSR count). The lowest BCUT2D eigenvalue weighted by Crippen LogP contribution is -2.03. The molecule has 0 aromatic carbocycles. The molecule has 0 aromatic rings. The van der Waals surface area contributed by atoms with Crippen molar-refractivity contribution in [1.82, 2.24) is 0 Å². The van der Waals surface area contributed by atoms with Crippen LogP contribution in [0.15, 0.2) is 12.7 Å². The van der Waals surface area contributed by atoms with Crippen molar-refractivity contribution in [3.8, 4) is 0 Å². The molecular weight excluding hydrogens is 185 g/mol. The van der Waals surface area contributed by atoms with Gasteiger partial charge in [0.2, 0.25) is 0 Å². The van der Waals surface area contributed by atoms with Crippen LogP contribution in [-0.4, -0.2) is 19.5 Å². The van der Waals surface area contributed by atoms with Crippen LogP contribution >= 0.6 is 0 Å². The van der Waals surface area contributed by atoms with Crippen molar-refractivity contribution in [1.29, 1.82) is 0 Å². The molecule has 0 aliphatic rings. The summed E-state index contributed by atoms with van der Waals surface area (Å²) in [6.07, 6.45) is -4.13. The van der Waals surface area contributed by atoms with E-state index in [9.17, 15) is 13.2 Å². The maximum absolute atomic E-state index is 11.0. The second-order valence-corrected chi connectivity index (χ2v) is 1.80. The molecule has 0 aliphatic carbocycles. The van der Waals surface area contributed by atoms with Gasteiger partial charge in [0.05, 0.1) is 6.42 Å². The fourth-order valence-electron chi connectivity index (χ4n) is 0.164. The van der Waals surface area contributed by atoms with Crippen LogP contribution in [0.3, 0.4) is 0 Å². The molecule has 0 heterocycles. The third-order valence-corrected chi connectivity index (χ3v) is 0.376. The molecule has 0 amide bonds. The Hall–Kier alpha value is -0.400. The van der Waals surface area contributed by atoms with Gasteiger partial charge in [0.15, 0.2) is 0 Å². The summed E-state index contributed by atoms with van der Waals surface area (Å²) in [5, 5.41) is 0. The first-order valence-electron chi connectivity index (χ1n) is 2.27. The minimum atomic E-state index is -4.07. The van der Waals surface area contributed by atoms with E-state index in [1.165, 1.54) is 0 Å². The van der Waals surface area contributed by atoms with E-state index in [0.29, 0.717) is 0 Å². The third kappa shape index (κ3) is 42.8. The fraction of sp³-hybridized carbons (Fsp3) is 0.500. The molecule has 0 atom stereocenters. The van der Waals surface area contributed by atoms with E-state index in [-0.39, 0.29) is 0 Å². The summed E-state index contributed by atoms with van der Waals surface area (Å²) in [5.41, 5.74) is 0. The zero-order valence-corrected chi connectivity index (χ0v) is 6.15. The van der Waals surface area contributed by atoms with E-state index < -0.39 is 24.0 Å². The Morgan fingerprint density at radius 3 is 1.73 bits per heavy atom. The van der Waals surface area contributed by atoms with Gasteiger partial charge in [0.1, 0.15) is 0 Å². The third-order valence-electron chi connectivity index (χ3n) is 0.376. The maximum atomic E-state index is 11.0. The molecule has 0 aliphatic heterocycles. The van der Waals surface area contributed by atoms with Crippen molar-refractivity contribution in [3.05, 3.63) is 12.7 Å². The van der Waals surface area contributed by atoms with Crippen LogP contribution in [0.25, 0.3) is 0 Å². The van der Waals surface area contributed by atoms with Gasteiger partial charge in [-0.1, -0.05) is 6.08 Å². The molecule has 0 saturated carbocycles. The predicted octanol–water partition coefficient (Wildman–Crippen LogP) is 1.81. The van der Waals surface area contributed by atoms with Crippen LogP contribution in [0.4, 0.5) is 13.2 Å². The zero-order chi connectivity index (χ0) is 9.49. The number of hydrogen-bond donors (Lipinski definition) is 2. The van der Waals surface area contributed by atoms with Crippen LogP contribution in [-0.2, 0) is 11.4 Å². The van der Waals surface area contributed by atoms with Crippen LogP contribution in [0.2, 0.25) is 0 Å². The van der Waals surface area contributed by atoms with E-state index in [1.807, 2.05) is 0 Å². The molecule has 2 N–H and O–H groups in total. The van der Waals surface area contributed by atoms with Crippen LogP contribution in [0, 0.1) is 0 Å². The first-order valence-corrected chi connectivity index (χ1v) is 3.33. The van der Waals surface area contributed by atoms with Crippen molar-refractivity contribution in [2.75, 3.05) is 0 Å². The van der Waals surface area contributed by atoms with Gasteiger partial charge >= 0.3 is 6.18 Å². The van der Waals surface area contributed by atoms with Gasteiger partial charge in [-0.05, 0) is 0 Å². The second kappa shape index (κ2) is 6.32. The number of hydrogen-bond acceptors (Lipinski definition) is 1. The van der Waals surface area contributed by atoms with Crippen molar-refractivity contribution < 1.29 is 26.5 Å². The molecule has 3 nitrogen and oxygen atoms in total. The van der Waals surface area contributed by atoms with Gasteiger partial charge in [-0.3, -0.25) is 9.11 Å². The van der Waals surface area contributed by atoms with Crippen LogP contribution in [0.5, 0.6) is 0 Å². The Bertz CT molecular complexity index is 129. The van der Waals surface area contributed by atoms with Gasteiger partial charge in [-0.2, -0.15) is 17.4 Å². The summed E-state index contributed by atoms with van der Waals surface area (Å²) in [7, 11) is 0. The van der Waals surface area contributed by atoms with Gasteiger partial charge in [-0.25, -0.2) is 0 Å². The standard InChI is InChI=1S/C4H5F3.H2O3S/c1-2-3-4(5,6)7;1-4(2)3/h2H,1,3H2;(H2,1,2,3). The van der Waals surface area contributed by atoms with E-state index in [0.717, 1.165) is 6.08 Å². The van der Waals surface area contributed by atoms with Gasteiger partial charge < -0.3 is 0 Å². The molecule has 0 fully saturated rings. The van der Waals surface area contributed by atoms with E-state index >= 15 is 0 Å². The minimum absolute atomic E-state index is 0.833. The molecular formula is C4H7F3O3S. The first-order chi connectivity index (χ1) is 4.79. The summed E-state index contributed by atoms with van der Waals surface area (Å²) < 4.78 is 55.8. The molecule has 7 heteroatoms. The van der Waals surface area contributed by atoms with Gasteiger partial charge in [0.25, 0.3) is 11.4 Å². The molecule has 68 valence electrons. The van der Waals surface area contributed by atoms with Gasteiger partial charge in [0, 0.05) is 0 Å². The summed E-state index contributed by atoms with van der Waals surface area (Å²) in [4.78, 5) is 0. The quantitative estimate of drug-likeness (QED) is 0.492. The minimum Gasteiger partial charge on any atom is -0.284 e. The monoisotopic (exact) mass is 192 g/mol. The van der Waals surface area contributed by atoms with Crippen molar-refractivity contribution in [2.24, 2.45) is 0 Å². The predicted molar refractivity (Wildman–Crippen MR) is 34.3 cm³/mol. The molecule has 0 unspecified atom stereocenters. The lowest BCUT2D eigenvalue weighted by Gasteiger charge is -1.97. The summed E-state index contributed by atoms with van der Waals surface area (Å²) in [5.74, 6) is 0. The molecule has 0 spiro atoms. The SMILES string of the molecule is C=CCC(F)(F)F.O=S(O)O. The first kappa shape index (κ1) is 13.2. The Morgan fingerprint density at radius 2 is 1.73 bits per heavy atom. The van der Waals surface area contributed by atoms with E-state index in [1.54, 1.807) is 0 Å². The average Bonchev–Trinajstić information content (AvgIpc) is 1.58. The Morgan fingerprint density at radius 1 is 1.45 bits per heavy atom. The van der Waals surface area contributed by atoms with Crippen LogP contribution < -0.4 is 0 Å². The zero-order valence-electron chi connectivity index (χ0n) is 5.34. The number of allylic oxidation sites excluding steroid dienone is 1. The van der Waals surface area contributed by atoms with Crippen molar-refractivity contribution >= 4 is 11.4 Å². The highest BCUT2D eigenvalue weighted by molar-refractivity contribution is 7.73. The highest BCUT2D eigenvalue weighted by atomic mass is 32.2. The molecule has 0 radical (unpaired) electrons. The number of alkyl halides is 3. The Balaban J connectivity index is 0. The lowest BCUT2D eigenvalue weighted by atomic mass is 10.4. The van der Waals surface area contributed by atoms with Gasteiger partial charge in [-0.15, -0.1) is 6.58 Å². The average molecular weight is 192 g/mol. The van der Waals surface area contributed by atoms with E-state index in [2.05, 4.69) is 6.58 Å². The molecule has 11 heavy (non-hydrogen) atoms. The second-order valence-electron chi connectivity index (χ2n) is 1.34. The highest BCUT2D eigenvalue weighted by Gasteiger charge is 2.23. The van der Waals surface area contributed by atoms with Crippen molar-refractivity contribution in [3.63, 3.8) is 0 Å². The Labute approximate surface area is 64.0 Å². The summed E-state index contributed by atoms with van der Waals surface area (Å²) >= 11 is -2.61. The molecule has 0 aromatic heterocycles. The summed E-state index contributed by atoms with van der Waals surface area (Å²) in [6.45, 7) is 2.93. The normalized spacial score (nSPS) is 10.4. The molecule has 0 bridgehead atoms. The maximum Gasteiger partial charge on any atom is 0.392 e. The lowest BCUT2D eigenvalue weighted by molar-refractivity contribution is -0.124. The smallest absolute Gasteiger partial charge is 0.284 e. The summed E-state index contributed by atoms with van der Waals surface area (Å²) in [6, 6.07) is 0. The topological polar surface area (TPSA) is 57.5 Å². The van der Waals surface area contributed by atoms with Crippen molar-refractivity contribution in [2.45, 2.75) is 12.6 Å². The number of rotatable bonds is 1. The highest BCUT2D eigenvalue weighted by Crippen LogP contribution is 2.18. The van der Waals surface area contributed by atoms with Crippen LogP contribution in [0.1, 0.15) is 6.42 Å². The largest absolute Gasteiger partial charge is 0.392 e. The Kier molecular flexibility index (Phi) is 7.59. The number of halogens is 3. The fourth-order valence-corrected chi connectivity index (χ4v) is 0.164.